The van der Waals surface area contributed by atoms with Gasteiger partial charge in [-0.3, -0.25) is 4.79 Å². The molecule has 5 nitrogen and oxygen atoms in total. The average molecular weight is 397 g/mol. The Labute approximate surface area is 176 Å². The second-order valence-corrected chi connectivity index (χ2v) is 7.36. The molecule has 0 saturated carbocycles. The summed E-state index contributed by atoms with van der Waals surface area (Å²) >= 11 is 0. The molecular formula is C25H23N3O2. The predicted molar refractivity (Wildman–Crippen MR) is 117 cm³/mol. The lowest BCUT2D eigenvalue weighted by Gasteiger charge is -2.15. The number of hydrogen-bond donors (Lipinski definition) is 0. The van der Waals surface area contributed by atoms with Crippen molar-refractivity contribution in [2.75, 3.05) is 7.05 Å². The largest absolute Gasteiger partial charge is 0.419 e. The minimum absolute atomic E-state index is 0.00227. The maximum absolute atomic E-state index is 12.6. The Hall–Kier alpha value is -3.73. The molecule has 4 rings (SSSR count). The van der Waals surface area contributed by atoms with Crippen molar-refractivity contribution in [3.8, 4) is 22.6 Å². The van der Waals surface area contributed by atoms with E-state index in [2.05, 4.69) is 22.3 Å². The number of nitrogens with zero attached hydrogens (tertiary/aromatic N) is 3. The van der Waals surface area contributed by atoms with E-state index in [9.17, 15) is 4.79 Å². The van der Waals surface area contributed by atoms with E-state index in [4.69, 9.17) is 4.42 Å². The van der Waals surface area contributed by atoms with Crippen molar-refractivity contribution in [3.63, 3.8) is 0 Å². The summed E-state index contributed by atoms with van der Waals surface area (Å²) in [5.74, 6) is 0.876. The predicted octanol–water partition coefficient (Wildman–Crippen LogP) is 4.91. The Morgan fingerprint density at radius 2 is 1.47 bits per heavy atom. The Bertz CT molecular complexity index is 1120. The first-order chi connectivity index (χ1) is 14.6. The first-order valence-electron chi connectivity index (χ1n) is 9.86. The van der Waals surface area contributed by atoms with E-state index in [1.54, 1.807) is 11.9 Å². The zero-order chi connectivity index (χ0) is 20.9. The van der Waals surface area contributed by atoms with Crippen LogP contribution in [-0.2, 0) is 17.8 Å². The fourth-order valence-corrected chi connectivity index (χ4v) is 3.18. The zero-order valence-corrected chi connectivity index (χ0v) is 17.1. The molecule has 30 heavy (non-hydrogen) atoms. The summed E-state index contributed by atoms with van der Waals surface area (Å²) in [6.45, 7) is 2.30. The topological polar surface area (TPSA) is 59.2 Å². The number of hydrogen-bond acceptors (Lipinski definition) is 4. The van der Waals surface area contributed by atoms with Crippen molar-refractivity contribution >= 4 is 5.91 Å². The molecule has 0 spiro atoms. The van der Waals surface area contributed by atoms with E-state index in [1.807, 2.05) is 73.7 Å². The van der Waals surface area contributed by atoms with Gasteiger partial charge >= 0.3 is 0 Å². The lowest BCUT2D eigenvalue weighted by Crippen LogP contribution is -2.27. The number of rotatable bonds is 6. The molecule has 3 aromatic carbocycles. The van der Waals surface area contributed by atoms with Gasteiger partial charge in [-0.1, -0.05) is 72.3 Å². The average Bonchev–Trinajstić information content (AvgIpc) is 3.24. The lowest BCUT2D eigenvalue weighted by molar-refractivity contribution is -0.130. The molecule has 0 saturated heterocycles. The number of aryl methyl sites for hydroxylation is 1. The molecule has 0 aliphatic heterocycles. The minimum Gasteiger partial charge on any atom is -0.419 e. The minimum atomic E-state index is -0.00227. The summed E-state index contributed by atoms with van der Waals surface area (Å²) in [4.78, 5) is 14.2. The fourth-order valence-electron chi connectivity index (χ4n) is 3.18. The highest BCUT2D eigenvalue weighted by atomic mass is 16.4. The van der Waals surface area contributed by atoms with Crippen molar-refractivity contribution in [3.05, 3.63) is 95.9 Å². The molecule has 5 heteroatoms. The van der Waals surface area contributed by atoms with Gasteiger partial charge in [-0.05, 0) is 35.7 Å². The number of carbonyl (C=O) groups excluding carboxylic acids is 1. The first-order valence-corrected chi connectivity index (χ1v) is 9.86. The van der Waals surface area contributed by atoms with Crippen LogP contribution in [0.2, 0.25) is 0 Å². The van der Waals surface area contributed by atoms with E-state index < -0.39 is 0 Å². The Kier molecular flexibility index (Phi) is 5.70. The van der Waals surface area contributed by atoms with Gasteiger partial charge in [0.15, 0.2) is 0 Å². The Balaban J connectivity index is 1.37. The third kappa shape index (κ3) is 4.63. The number of aromatic nitrogens is 2. The second-order valence-electron chi connectivity index (χ2n) is 7.36. The van der Waals surface area contributed by atoms with Gasteiger partial charge in [-0.25, -0.2) is 0 Å². The fraction of sp³-hybridized carbons (Fsp3) is 0.160. The highest BCUT2D eigenvalue weighted by molar-refractivity contribution is 5.78. The van der Waals surface area contributed by atoms with E-state index >= 15 is 0 Å². The molecule has 1 aromatic heterocycles. The van der Waals surface area contributed by atoms with Gasteiger partial charge in [0.1, 0.15) is 0 Å². The summed E-state index contributed by atoms with van der Waals surface area (Å²) in [5, 5.41) is 8.18. The number of likely N-dealkylation sites (N-methyl/N-ethyl adjacent to an activating group) is 1. The summed E-state index contributed by atoms with van der Waals surface area (Å²) in [5.41, 5.74) is 5.30. The molecule has 0 atom stereocenters. The SMILES string of the molecule is Cc1ccc(-c2nnc(CN(C)C(=O)Cc3ccc(-c4ccccc4)cc3)o2)cc1. The molecule has 150 valence electrons. The zero-order valence-electron chi connectivity index (χ0n) is 17.1. The lowest BCUT2D eigenvalue weighted by atomic mass is 10.0. The number of benzene rings is 3. The van der Waals surface area contributed by atoms with Crippen molar-refractivity contribution in [2.45, 2.75) is 19.9 Å². The molecule has 0 unspecified atom stereocenters. The van der Waals surface area contributed by atoms with Crippen LogP contribution in [-0.4, -0.2) is 28.1 Å². The maximum Gasteiger partial charge on any atom is 0.247 e. The highest BCUT2D eigenvalue weighted by Gasteiger charge is 2.15. The molecule has 0 aliphatic rings. The second kappa shape index (κ2) is 8.74. The van der Waals surface area contributed by atoms with Crippen molar-refractivity contribution in [1.82, 2.24) is 15.1 Å². The summed E-state index contributed by atoms with van der Waals surface area (Å²) in [7, 11) is 1.75. The van der Waals surface area contributed by atoms with Gasteiger partial charge in [0.05, 0.1) is 13.0 Å². The van der Waals surface area contributed by atoms with Gasteiger partial charge in [0, 0.05) is 12.6 Å². The highest BCUT2D eigenvalue weighted by Crippen LogP contribution is 2.21. The molecule has 0 aliphatic carbocycles. The van der Waals surface area contributed by atoms with Crippen LogP contribution in [0.25, 0.3) is 22.6 Å². The summed E-state index contributed by atoms with van der Waals surface area (Å²) < 4.78 is 5.73. The van der Waals surface area contributed by atoms with Gasteiger partial charge in [-0.2, -0.15) is 0 Å². The van der Waals surface area contributed by atoms with E-state index in [0.717, 1.165) is 22.3 Å². The molecular weight excluding hydrogens is 374 g/mol. The van der Waals surface area contributed by atoms with Gasteiger partial charge in [-0.15, -0.1) is 10.2 Å². The van der Waals surface area contributed by atoms with Crippen LogP contribution >= 0.6 is 0 Å². The standard InChI is InChI=1S/C25H23N3O2/c1-18-8-12-22(13-9-18)25-27-26-23(30-25)17-28(2)24(29)16-19-10-14-21(15-11-19)20-6-4-3-5-7-20/h3-15H,16-17H2,1-2H3. The normalized spacial score (nSPS) is 10.7. The molecule has 4 aromatic rings. The van der Waals surface area contributed by atoms with Crippen LogP contribution in [0.4, 0.5) is 0 Å². The number of amides is 1. The molecule has 0 fully saturated rings. The van der Waals surface area contributed by atoms with Crippen molar-refractivity contribution in [2.24, 2.45) is 0 Å². The Morgan fingerprint density at radius 1 is 0.833 bits per heavy atom. The van der Waals surface area contributed by atoms with E-state index in [1.165, 1.54) is 5.56 Å². The van der Waals surface area contributed by atoms with Gasteiger partial charge in [0.2, 0.25) is 17.7 Å². The summed E-state index contributed by atoms with van der Waals surface area (Å²) in [6.07, 6.45) is 0.324. The quantitative estimate of drug-likeness (QED) is 0.464. The van der Waals surface area contributed by atoms with Crippen LogP contribution in [0.15, 0.2) is 83.3 Å². The van der Waals surface area contributed by atoms with E-state index in [0.29, 0.717) is 18.2 Å². The number of carbonyl (C=O) groups is 1. The maximum atomic E-state index is 12.6. The van der Waals surface area contributed by atoms with E-state index in [-0.39, 0.29) is 12.5 Å². The first kappa shape index (κ1) is 19.6. The van der Waals surface area contributed by atoms with Crippen molar-refractivity contribution in [1.29, 1.82) is 0 Å². The molecule has 0 N–H and O–H groups in total. The van der Waals surface area contributed by atoms with Crippen LogP contribution in [0.5, 0.6) is 0 Å². The van der Waals surface area contributed by atoms with Crippen LogP contribution in [0.3, 0.4) is 0 Å². The van der Waals surface area contributed by atoms with Crippen LogP contribution in [0, 0.1) is 6.92 Å². The Morgan fingerprint density at radius 3 is 2.17 bits per heavy atom. The molecule has 0 bridgehead atoms. The van der Waals surface area contributed by atoms with Crippen LogP contribution in [0.1, 0.15) is 17.0 Å². The van der Waals surface area contributed by atoms with Crippen molar-refractivity contribution < 1.29 is 9.21 Å². The van der Waals surface area contributed by atoms with Gasteiger partial charge < -0.3 is 9.32 Å². The monoisotopic (exact) mass is 397 g/mol. The van der Waals surface area contributed by atoms with Crippen LogP contribution < -0.4 is 0 Å². The smallest absolute Gasteiger partial charge is 0.247 e. The van der Waals surface area contributed by atoms with Gasteiger partial charge in [0.25, 0.3) is 0 Å². The third-order valence-electron chi connectivity index (χ3n) is 4.98. The molecule has 1 amide bonds. The molecule has 0 radical (unpaired) electrons. The molecule has 1 heterocycles. The summed E-state index contributed by atoms with van der Waals surface area (Å²) in [6, 6.07) is 26.1. The third-order valence-corrected chi connectivity index (χ3v) is 4.98.